The first-order valence-corrected chi connectivity index (χ1v) is 20.8. The maximum atomic E-state index is 14.7. The zero-order valence-electron chi connectivity index (χ0n) is 36.1. The summed E-state index contributed by atoms with van der Waals surface area (Å²) in [6.45, 7) is 14.9. The zero-order chi connectivity index (χ0) is 42.7. The Labute approximate surface area is 343 Å². The normalized spacial score (nSPS) is 36.7. The SMILES string of the molecule is CC[C@H]1OC(=O)[C@H](C)C(=O)[C@H](C)[C@@H](OC2O[C@H](C)C[C@H](N(C)C)[C@H]2O)[C@](C)(OC)C[C@@H](C)C(=O)[C@H](C)[C@H]2N(CCCCn3cnc(-c4cccnc4)c3)C(=O)O[C@]12C. The molecule has 3 fully saturated rings. The van der Waals surface area contributed by atoms with Gasteiger partial charge in [-0.05, 0) is 86.0 Å². The Morgan fingerprint density at radius 3 is 2.36 bits per heavy atom. The topological polar surface area (TPSA) is 172 Å². The Hall–Kier alpha value is -3.76. The van der Waals surface area contributed by atoms with Crippen molar-refractivity contribution in [2.24, 2.45) is 23.7 Å². The second-order valence-corrected chi connectivity index (χ2v) is 17.3. The third-order valence-corrected chi connectivity index (χ3v) is 12.8. The van der Waals surface area contributed by atoms with Crippen LogP contribution in [0.4, 0.5) is 4.79 Å². The molecule has 0 saturated carbocycles. The van der Waals surface area contributed by atoms with Crippen LogP contribution < -0.4 is 0 Å². The Kier molecular flexibility index (Phi) is 14.6. The number of aromatic nitrogens is 3. The van der Waals surface area contributed by atoms with Gasteiger partial charge in [-0.2, -0.15) is 0 Å². The average Bonchev–Trinajstić information content (AvgIpc) is 3.78. The molecule has 15 nitrogen and oxygen atoms in total. The highest BCUT2D eigenvalue weighted by Crippen LogP contribution is 2.43. The number of aryl methyl sites for hydroxylation is 1. The number of likely N-dealkylation sites (N-methyl/N-ethyl adjacent to an activating group) is 1. The van der Waals surface area contributed by atoms with E-state index in [0.717, 1.165) is 11.3 Å². The van der Waals surface area contributed by atoms with Crippen molar-refractivity contribution >= 4 is 23.6 Å². The molecule has 322 valence electrons. The van der Waals surface area contributed by atoms with Crippen molar-refractivity contribution in [3.05, 3.63) is 37.1 Å². The van der Waals surface area contributed by atoms with E-state index in [-0.39, 0.29) is 30.8 Å². The van der Waals surface area contributed by atoms with Crippen LogP contribution >= 0.6 is 0 Å². The molecular formula is C43H65N5O10. The number of ether oxygens (including phenoxy) is 5. The van der Waals surface area contributed by atoms with Crippen LogP contribution in [0.5, 0.6) is 0 Å². The number of Topliss-reactive ketones (excluding diaryl/α,β-unsaturated/α-hetero) is 2. The highest BCUT2D eigenvalue weighted by atomic mass is 16.7. The summed E-state index contributed by atoms with van der Waals surface area (Å²) in [5.74, 6) is -4.95. The first-order chi connectivity index (χ1) is 27.4. The van der Waals surface area contributed by atoms with E-state index < -0.39 is 83.4 Å². The molecule has 1 unspecified atom stereocenters. The summed E-state index contributed by atoms with van der Waals surface area (Å²) >= 11 is 0. The molecule has 2 aromatic rings. The van der Waals surface area contributed by atoms with Crippen LogP contribution in [0, 0.1) is 23.7 Å². The molecule has 58 heavy (non-hydrogen) atoms. The van der Waals surface area contributed by atoms with Crippen LogP contribution in [0.1, 0.15) is 87.5 Å². The lowest BCUT2D eigenvalue weighted by atomic mass is 9.73. The maximum absolute atomic E-state index is 14.7. The van der Waals surface area contributed by atoms with Gasteiger partial charge in [0.1, 0.15) is 23.9 Å². The van der Waals surface area contributed by atoms with Gasteiger partial charge in [0.25, 0.3) is 0 Å². The molecule has 3 aliphatic heterocycles. The quantitative estimate of drug-likeness (QED) is 0.184. The Balaban J connectivity index is 1.43. The minimum absolute atomic E-state index is 0.130. The molecule has 3 aliphatic rings. The van der Waals surface area contributed by atoms with Crippen molar-refractivity contribution in [1.82, 2.24) is 24.3 Å². The Bertz CT molecular complexity index is 1740. The largest absolute Gasteiger partial charge is 0.458 e. The van der Waals surface area contributed by atoms with Crippen LogP contribution in [0.25, 0.3) is 11.3 Å². The van der Waals surface area contributed by atoms with E-state index in [4.69, 9.17) is 23.7 Å². The van der Waals surface area contributed by atoms with Gasteiger partial charge >= 0.3 is 12.1 Å². The molecule has 5 heterocycles. The number of nitrogens with zero attached hydrogens (tertiary/aromatic N) is 5. The predicted molar refractivity (Wildman–Crippen MR) is 214 cm³/mol. The standard InChI is InChI=1S/C43H65N5O10/c1-12-33-43(8)37(48(41(53)58-43)19-14-13-18-47-23-31(45-24-47)30-16-15-17-44-22-30)27(4)34(49)25(2)21-42(7,54-11)38(28(5)35(50)29(6)39(52)56-33)57-40-36(51)32(46(9)10)20-26(3)55-40/h15-17,22-29,32-33,36-38,40,51H,12-14,18-21H2,1-11H3/t25-,26-,27+,28+,29-,32+,33-,36-,37-,38-,40?,42-,43-/m1/s1. The van der Waals surface area contributed by atoms with Gasteiger partial charge in [-0.3, -0.25) is 19.4 Å². The fraction of sp³-hybridized carbons (Fsp3) is 0.721. The lowest BCUT2D eigenvalue weighted by molar-refractivity contribution is -0.295. The van der Waals surface area contributed by atoms with Crippen LogP contribution in [0.15, 0.2) is 37.1 Å². The van der Waals surface area contributed by atoms with Gasteiger partial charge in [0, 0.05) is 68.1 Å². The summed E-state index contributed by atoms with van der Waals surface area (Å²) in [6, 6.07) is 2.74. The second kappa shape index (κ2) is 18.7. The first-order valence-electron chi connectivity index (χ1n) is 20.8. The van der Waals surface area contributed by atoms with Gasteiger partial charge in [0.2, 0.25) is 0 Å². The molecule has 0 aliphatic carbocycles. The molecule has 15 heteroatoms. The fourth-order valence-corrected chi connectivity index (χ4v) is 9.43. The van der Waals surface area contributed by atoms with Gasteiger partial charge in [-0.25, -0.2) is 9.78 Å². The van der Waals surface area contributed by atoms with Crippen LogP contribution in [0.2, 0.25) is 0 Å². The van der Waals surface area contributed by atoms with Crippen molar-refractivity contribution in [1.29, 1.82) is 0 Å². The lowest BCUT2D eigenvalue weighted by Gasteiger charge is -2.47. The highest BCUT2D eigenvalue weighted by Gasteiger charge is 2.60. The minimum Gasteiger partial charge on any atom is -0.458 e. The fourth-order valence-electron chi connectivity index (χ4n) is 9.43. The summed E-state index contributed by atoms with van der Waals surface area (Å²) in [7, 11) is 5.24. The van der Waals surface area contributed by atoms with Crippen molar-refractivity contribution in [3.8, 4) is 11.3 Å². The van der Waals surface area contributed by atoms with Gasteiger partial charge in [-0.15, -0.1) is 0 Å². The molecule has 0 spiro atoms. The molecule has 3 saturated heterocycles. The molecule has 1 amide bonds. The van der Waals surface area contributed by atoms with Crippen LogP contribution in [0.3, 0.4) is 0 Å². The van der Waals surface area contributed by atoms with E-state index in [1.165, 1.54) is 14.0 Å². The molecular weight excluding hydrogens is 746 g/mol. The number of esters is 1. The summed E-state index contributed by atoms with van der Waals surface area (Å²) < 4.78 is 33.2. The smallest absolute Gasteiger partial charge is 0.410 e. The maximum Gasteiger partial charge on any atom is 0.410 e. The number of aliphatic hydroxyl groups is 1. The minimum atomic E-state index is -1.40. The number of hydrogen-bond donors (Lipinski definition) is 1. The molecule has 0 aromatic carbocycles. The number of ketones is 2. The van der Waals surface area contributed by atoms with Crippen molar-refractivity contribution in [2.45, 2.75) is 148 Å². The van der Waals surface area contributed by atoms with E-state index in [2.05, 4.69) is 9.97 Å². The number of pyridine rings is 1. The van der Waals surface area contributed by atoms with Crippen molar-refractivity contribution in [2.75, 3.05) is 27.7 Å². The lowest BCUT2D eigenvalue weighted by Crippen LogP contribution is -2.60. The second-order valence-electron chi connectivity index (χ2n) is 17.3. The van der Waals surface area contributed by atoms with E-state index in [1.807, 2.05) is 62.7 Å². The molecule has 1 N–H and O–H groups in total. The van der Waals surface area contributed by atoms with Gasteiger partial charge in [0.15, 0.2) is 17.7 Å². The van der Waals surface area contributed by atoms with Crippen LogP contribution in [-0.4, -0.2) is 135 Å². The number of carbonyl (C=O) groups is 4. The third-order valence-electron chi connectivity index (χ3n) is 12.8. The summed E-state index contributed by atoms with van der Waals surface area (Å²) in [4.78, 5) is 69.0. The van der Waals surface area contributed by atoms with Gasteiger partial charge in [-0.1, -0.05) is 27.7 Å². The van der Waals surface area contributed by atoms with Crippen molar-refractivity contribution in [3.63, 3.8) is 0 Å². The number of methoxy groups -OCH3 is 1. The van der Waals surface area contributed by atoms with Gasteiger partial charge < -0.3 is 43.2 Å². The summed E-state index contributed by atoms with van der Waals surface area (Å²) in [5, 5.41) is 11.4. The Morgan fingerprint density at radius 1 is 1.02 bits per heavy atom. The number of amides is 1. The number of fused-ring (bicyclic) bond motifs is 1. The molecule has 0 radical (unpaired) electrons. The van der Waals surface area contributed by atoms with E-state index >= 15 is 0 Å². The molecule has 0 bridgehead atoms. The monoisotopic (exact) mass is 811 g/mol. The predicted octanol–water partition coefficient (Wildman–Crippen LogP) is 4.93. The third kappa shape index (κ3) is 9.33. The molecule has 13 atom stereocenters. The molecule has 2 aromatic heterocycles. The van der Waals surface area contributed by atoms with Gasteiger partial charge in [0.05, 0.1) is 35.9 Å². The summed E-state index contributed by atoms with van der Waals surface area (Å²) in [5.41, 5.74) is -0.938. The zero-order valence-corrected chi connectivity index (χ0v) is 36.1. The summed E-state index contributed by atoms with van der Waals surface area (Å²) in [6.07, 6.45) is 4.45. The van der Waals surface area contributed by atoms with E-state index in [9.17, 15) is 24.3 Å². The number of unbranched alkanes of at least 4 members (excludes halogenated alkanes) is 1. The average molecular weight is 812 g/mol. The number of carbonyl (C=O) groups excluding carboxylic acids is 4. The number of cyclic esters (lactones) is 1. The van der Waals surface area contributed by atoms with Crippen LogP contribution in [-0.2, 0) is 44.6 Å². The number of imidazole rings is 1. The number of aliphatic hydroxyl groups excluding tert-OH is 1. The first kappa shape index (κ1) is 45.3. The van der Waals surface area contributed by atoms with E-state index in [0.29, 0.717) is 32.4 Å². The number of hydrogen-bond acceptors (Lipinski definition) is 13. The van der Waals surface area contributed by atoms with Crippen molar-refractivity contribution < 1.29 is 48.0 Å². The van der Waals surface area contributed by atoms with E-state index in [1.54, 1.807) is 51.3 Å². The Morgan fingerprint density at radius 2 is 1.72 bits per heavy atom. The highest BCUT2D eigenvalue weighted by molar-refractivity contribution is 6.00. The molecule has 5 rings (SSSR count). The number of rotatable bonds is 11.